The van der Waals surface area contributed by atoms with Crippen molar-refractivity contribution in [1.82, 2.24) is 9.97 Å². The number of anilines is 1. The minimum absolute atomic E-state index is 0.769. The molecule has 2 aromatic rings. The first-order valence-electron chi connectivity index (χ1n) is 6.15. The Morgan fingerprint density at radius 3 is 2.74 bits per heavy atom. The lowest BCUT2D eigenvalue weighted by molar-refractivity contribution is 0.941. The summed E-state index contributed by atoms with van der Waals surface area (Å²) in [6.45, 7) is 2.10. The van der Waals surface area contributed by atoms with Crippen LogP contribution in [0, 0.1) is 0 Å². The van der Waals surface area contributed by atoms with Crippen molar-refractivity contribution in [3.63, 3.8) is 0 Å². The van der Waals surface area contributed by atoms with Crippen LogP contribution in [0.1, 0.15) is 18.4 Å². The van der Waals surface area contributed by atoms with Gasteiger partial charge in [-0.2, -0.15) is 0 Å². The zero-order valence-electron chi connectivity index (χ0n) is 11.0. The number of thioether (sulfide) groups is 1. The number of aromatic nitrogens is 2. The molecule has 0 spiro atoms. The molecule has 0 aliphatic heterocycles. The number of hydrogen-bond donors (Lipinski definition) is 1. The predicted octanol–water partition coefficient (Wildman–Crippen LogP) is 4.14. The molecule has 19 heavy (non-hydrogen) atoms. The quantitative estimate of drug-likeness (QED) is 0.832. The first-order chi connectivity index (χ1) is 9.22. The van der Waals surface area contributed by atoms with E-state index in [1.807, 2.05) is 31.3 Å². The van der Waals surface area contributed by atoms with E-state index >= 15 is 0 Å². The van der Waals surface area contributed by atoms with Crippen molar-refractivity contribution in [3.05, 3.63) is 46.3 Å². The van der Waals surface area contributed by atoms with Crippen LogP contribution in [0.2, 0.25) is 0 Å². The topological polar surface area (TPSA) is 37.8 Å². The van der Waals surface area contributed by atoms with E-state index in [1.54, 1.807) is 11.8 Å². The Labute approximate surface area is 126 Å². The average Bonchev–Trinajstić information content (AvgIpc) is 2.46. The van der Waals surface area contributed by atoms with Crippen LogP contribution in [0.15, 0.2) is 39.7 Å². The van der Waals surface area contributed by atoms with Crippen molar-refractivity contribution in [2.75, 3.05) is 12.4 Å². The maximum absolute atomic E-state index is 4.56. The SMILES string of the molecule is CCc1cc(NC)nc(CSc2ccccc2Br)n1. The Morgan fingerprint density at radius 2 is 2.05 bits per heavy atom. The molecule has 0 unspecified atom stereocenters. The number of hydrogen-bond acceptors (Lipinski definition) is 4. The van der Waals surface area contributed by atoms with Gasteiger partial charge in [-0.15, -0.1) is 11.8 Å². The highest BCUT2D eigenvalue weighted by molar-refractivity contribution is 9.10. The Bertz CT molecular complexity index is 538. The zero-order chi connectivity index (χ0) is 13.7. The lowest BCUT2D eigenvalue weighted by Gasteiger charge is -2.07. The van der Waals surface area contributed by atoms with Crippen LogP contribution < -0.4 is 5.32 Å². The van der Waals surface area contributed by atoms with E-state index in [0.717, 1.165) is 34.0 Å². The standard InChI is InChI=1S/C14H16BrN3S/c1-3-10-8-13(16-2)18-14(17-10)9-19-12-7-5-4-6-11(12)15/h4-8H,3,9H2,1-2H3,(H,16,17,18). The molecule has 0 aliphatic carbocycles. The zero-order valence-corrected chi connectivity index (χ0v) is 13.4. The average molecular weight is 338 g/mol. The second kappa shape index (κ2) is 6.91. The van der Waals surface area contributed by atoms with E-state index in [-0.39, 0.29) is 0 Å². The monoisotopic (exact) mass is 337 g/mol. The maximum atomic E-state index is 4.56. The Hall–Kier alpha value is -1.07. The molecule has 1 aromatic carbocycles. The van der Waals surface area contributed by atoms with Gasteiger partial charge in [0, 0.05) is 28.2 Å². The first-order valence-corrected chi connectivity index (χ1v) is 7.92. The fourth-order valence-electron chi connectivity index (χ4n) is 1.63. The molecule has 0 amide bonds. The summed E-state index contributed by atoms with van der Waals surface area (Å²) in [5.41, 5.74) is 1.07. The molecule has 2 rings (SSSR count). The van der Waals surface area contributed by atoms with E-state index < -0.39 is 0 Å². The summed E-state index contributed by atoms with van der Waals surface area (Å²) in [6, 6.07) is 10.2. The third kappa shape index (κ3) is 3.94. The smallest absolute Gasteiger partial charge is 0.141 e. The van der Waals surface area contributed by atoms with Gasteiger partial charge in [0.15, 0.2) is 0 Å². The molecule has 0 radical (unpaired) electrons. The van der Waals surface area contributed by atoms with Gasteiger partial charge < -0.3 is 5.32 Å². The van der Waals surface area contributed by atoms with Gasteiger partial charge in [0.25, 0.3) is 0 Å². The van der Waals surface area contributed by atoms with Crippen molar-refractivity contribution in [2.45, 2.75) is 24.0 Å². The normalized spacial score (nSPS) is 10.5. The van der Waals surface area contributed by atoms with Crippen molar-refractivity contribution in [3.8, 4) is 0 Å². The molecule has 0 saturated carbocycles. The van der Waals surface area contributed by atoms with Crippen LogP contribution >= 0.6 is 27.7 Å². The molecule has 0 atom stereocenters. The van der Waals surface area contributed by atoms with Crippen LogP contribution in [0.3, 0.4) is 0 Å². The third-order valence-electron chi connectivity index (χ3n) is 2.64. The fourth-order valence-corrected chi connectivity index (χ4v) is 3.05. The van der Waals surface area contributed by atoms with Crippen molar-refractivity contribution < 1.29 is 0 Å². The molecule has 100 valence electrons. The lowest BCUT2D eigenvalue weighted by atomic mass is 10.3. The van der Waals surface area contributed by atoms with Crippen LogP contribution in [-0.4, -0.2) is 17.0 Å². The van der Waals surface area contributed by atoms with Crippen LogP contribution in [0.25, 0.3) is 0 Å². The van der Waals surface area contributed by atoms with Gasteiger partial charge in [-0.1, -0.05) is 19.1 Å². The molecule has 3 nitrogen and oxygen atoms in total. The van der Waals surface area contributed by atoms with Gasteiger partial charge in [0.05, 0.1) is 5.75 Å². The molecule has 0 fully saturated rings. The second-order valence-corrected chi connectivity index (χ2v) is 5.85. The maximum Gasteiger partial charge on any atom is 0.141 e. The van der Waals surface area contributed by atoms with E-state index in [9.17, 15) is 0 Å². The highest BCUT2D eigenvalue weighted by atomic mass is 79.9. The summed E-state index contributed by atoms with van der Waals surface area (Å²) in [4.78, 5) is 10.3. The number of halogens is 1. The number of benzene rings is 1. The van der Waals surface area contributed by atoms with Gasteiger partial charge in [0.2, 0.25) is 0 Å². The van der Waals surface area contributed by atoms with Gasteiger partial charge in [-0.3, -0.25) is 0 Å². The Balaban J connectivity index is 2.13. The minimum atomic E-state index is 0.769. The molecular weight excluding hydrogens is 322 g/mol. The Kier molecular flexibility index (Phi) is 5.22. The summed E-state index contributed by atoms with van der Waals surface area (Å²) in [5.74, 6) is 2.52. The summed E-state index contributed by atoms with van der Waals surface area (Å²) < 4.78 is 1.11. The predicted molar refractivity (Wildman–Crippen MR) is 84.7 cm³/mol. The minimum Gasteiger partial charge on any atom is -0.373 e. The van der Waals surface area contributed by atoms with Crippen molar-refractivity contribution >= 4 is 33.5 Å². The van der Waals surface area contributed by atoms with Crippen molar-refractivity contribution in [1.29, 1.82) is 0 Å². The molecule has 1 aromatic heterocycles. The van der Waals surface area contributed by atoms with Crippen LogP contribution in [-0.2, 0) is 12.2 Å². The highest BCUT2D eigenvalue weighted by Gasteiger charge is 2.05. The third-order valence-corrected chi connectivity index (χ3v) is 4.66. The van der Waals surface area contributed by atoms with Gasteiger partial charge in [0.1, 0.15) is 11.6 Å². The molecule has 5 heteroatoms. The fraction of sp³-hybridized carbons (Fsp3) is 0.286. The van der Waals surface area contributed by atoms with Crippen LogP contribution in [0.4, 0.5) is 5.82 Å². The number of rotatable bonds is 5. The molecular formula is C14H16BrN3S. The number of aryl methyl sites for hydroxylation is 1. The van der Waals surface area contributed by atoms with Gasteiger partial charge in [-0.05, 0) is 34.5 Å². The van der Waals surface area contributed by atoms with Crippen LogP contribution in [0.5, 0.6) is 0 Å². The molecule has 1 N–H and O–H groups in total. The summed E-state index contributed by atoms with van der Waals surface area (Å²) in [6.07, 6.45) is 0.921. The molecule has 0 saturated heterocycles. The molecule has 0 aliphatic rings. The van der Waals surface area contributed by atoms with E-state index in [1.165, 1.54) is 4.90 Å². The summed E-state index contributed by atoms with van der Waals surface area (Å²) >= 11 is 5.29. The highest BCUT2D eigenvalue weighted by Crippen LogP contribution is 2.29. The van der Waals surface area contributed by atoms with E-state index in [2.05, 4.69) is 44.2 Å². The molecule has 1 heterocycles. The van der Waals surface area contributed by atoms with Crippen molar-refractivity contribution in [2.24, 2.45) is 0 Å². The molecule has 0 bridgehead atoms. The van der Waals surface area contributed by atoms with E-state index in [4.69, 9.17) is 0 Å². The summed E-state index contributed by atoms with van der Waals surface area (Å²) in [7, 11) is 1.88. The first kappa shape index (κ1) is 14.3. The van der Waals surface area contributed by atoms with Gasteiger partial charge >= 0.3 is 0 Å². The number of nitrogens with zero attached hydrogens (tertiary/aromatic N) is 2. The summed E-state index contributed by atoms with van der Waals surface area (Å²) in [5, 5.41) is 3.08. The largest absolute Gasteiger partial charge is 0.373 e. The lowest BCUT2D eigenvalue weighted by Crippen LogP contribution is -2.02. The second-order valence-electron chi connectivity index (χ2n) is 3.98. The Morgan fingerprint density at radius 1 is 1.26 bits per heavy atom. The van der Waals surface area contributed by atoms with E-state index in [0.29, 0.717) is 0 Å². The number of nitrogens with one attached hydrogen (secondary N) is 1. The van der Waals surface area contributed by atoms with Gasteiger partial charge in [-0.25, -0.2) is 9.97 Å².